The summed E-state index contributed by atoms with van der Waals surface area (Å²) in [5, 5.41) is 3.80. The van der Waals surface area contributed by atoms with Gasteiger partial charge in [0.05, 0.1) is 6.10 Å². The molecule has 0 fully saturated rings. The first-order chi connectivity index (χ1) is 6.76. The van der Waals surface area contributed by atoms with Crippen LogP contribution in [0.2, 0.25) is 0 Å². The summed E-state index contributed by atoms with van der Waals surface area (Å²) < 4.78 is 10.2. The van der Waals surface area contributed by atoms with E-state index in [-0.39, 0.29) is 6.10 Å². The third-order valence-electron chi connectivity index (χ3n) is 2.05. The maximum atomic E-state index is 5.37. The molecule has 1 aromatic heterocycles. The quantitative estimate of drug-likeness (QED) is 0.723. The van der Waals surface area contributed by atoms with Crippen molar-refractivity contribution in [3.63, 3.8) is 0 Å². The molecule has 0 radical (unpaired) electrons. The van der Waals surface area contributed by atoms with Crippen molar-refractivity contribution in [3.8, 4) is 0 Å². The number of aryl methyl sites for hydroxylation is 1. The molecule has 0 saturated heterocycles. The van der Waals surface area contributed by atoms with E-state index in [1.807, 2.05) is 6.92 Å². The number of ether oxygens (including phenoxy) is 1. The summed E-state index contributed by atoms with van der Waals surface area (Å²) in [5.41, 5.74) is 5.37. The van der Waals surface area contributed by atoms with E-state index in [9.17, 15) is 0 Å². The third kappa shape index (κ3) is 3.43. The Kier molecular flexibility index (Phi) is 4.55. The Morgan fingerprint density at radius 3 is 2.93 bits per heavy atom. The van der Waals surface area contributed by atoms with E-state index < -0.39 is 0 Å². The van der Waals surface area contributed by atoms with Crippen molar-refractivity contribution in [2.75, 3.05) is 13.7 Å². The number of hydrogen-bond donors (Lipinski definition) is 1. The largest absolute Gasteiger partial charge is 0.382 e. The van der Waals surface area contributed by atoms with Gasteiger partial charge in [-0.25, -0.2) is 0 Å². The lowest BCUT2D eigenvalue weighted by molar-refractivity contribution is 0.109. The van der Waals surface area contributed by atoms with Crippen LogP contribution in [0, 0.1) is 0 Å². The molecule has 80 valence electrons. The molecule has 0 bridgehead atoms. The molecule has 0 aliphatic carbocycles. The fourth-order valence-electron chi connectivity index (χ4n) is 1.07. The van der Waals surface area contributed by atoms with Gasteiger partial charge in [-0.1, -0.05) is 5.16 Å². The second-order valence-electron chi connectivity index (χ2n) is 3.23. The zero-order valence-electron chi connectivity index (χ0n) is 8.69. The van der Waals surface area contributed by atoms with Gasteiger partial charge in [-0.3, -0.25) is 0 Å². The van der Waals surface area contributed by atoms with Crippen molar-refractivity contribution >= 4 is 0 Å². The lowest BCUT2D eigenvalue weighted by atomic mass is 10.2. The highest BCUT2D eigenvalue weighted by Gasteiger charge is 2.07. The molecule has 0 aliphatic rings. The zero-order chi connectivity index (χ0) is 10.4. The van der Waals surface area contributed by atoms with Gasteiger partial charge in [0.2, 0.25) is 5.89 Å². The Morgan fingerprint density at radius 1 is 1.50 bits per heavy atom. The second kappa shape index (κ2) is 5.72. The second-order valence-corrected chi connectivity index (χ2v) is 3.23. The molecule has 1 heterocycles. The standard InChI is InChI=1S/C9H17N3O2/c1-7(13-2)3-4-9-11-8(5-6-10)12-14-9/h7H,3-6,10H2,1-2H3. The third-order valence-corrected chi connectivity index (χ3v) is 2.05. The number of rotatable bonds is 6. The summed E-state index contributed by atoms with van der Waals surface area (Å²) in [6, 6.07) is 0. The number of nitrogens with zero attached hydrogens (tertiary/aromatic N) is 2. The molecule has 1 unspecified atom stereocenters. The van der Waals surface area contributed by atoms with E-state index in [1.54, 1.807) is 7.11 Å². The molecule has 5 nitrogen and oxygen atoms in total. The van der Waals surface area contributed by atoms with Crippen molar-refractivity contribution in [2.24, 2.45) is 5.73 Å². The van der Waals surface area contributed by atoms with Crippen molar-refractivity contribution < 1.29 is 9.26 Å². The van der Waals surface area contributed by atoms with Crippen LogP contribution in [0.1, 0.15) is 25.1 Å². The van der Waals surface area contributed by atoms with Crippen LogP contribution in [0.5, 0.6) is 0 Å². The predicted molar refractivity (Wildman–Crippen MR) is 51.8 cm³/mol. The summed E-state index contributed by atoms with van der Waals surface area (Å²) in [4.78, 5) is 4.19. The van der Waals surface area contributed by atoms with E-state index >= 15 is 0 Å². The summed E-state index contributed by atoms with van der Waals surface area (Å²) in [7, 11) is 1.69. The molecular weight excluding hydrogens is 182 g/mol. The van der Waals surface area contributed by atoms with Gasteiger partial charge in [0.15, 0.2) is 5.82 Å². The minimum absolute atomic E-state index is 0.222. The van der Waals surface area contributed by atoms with Crippen molar-refractivity contribution in [2.45, 2.75) is 32.3 Å². The van der Waals surface area contributed by atoms with Crippen molar-refractivity contribution in [1.29, 1.82) is 0 Å². The van der Waals surface area contributed by atoms with Crippen LogP contribution < -0.4 is 5.73 Å². The van der Waals surface area contributed by atoms with Gasteiger partial charge in [0.1, 0.15) is 0 Å². The highest BCUT2D eigenvalue weighted by Crippen LogP contribution is 2.05. The lowest BCUT2D eigenvalue weighted by Crippen LogP contribution is -2.06. The Morgan fingerprint density at radius 2 is 2.29 bits per heavy atom. The van der Waals surface area contributed by atoms with E-state index in [4.69, 9.17) is 15.0 Å². The van der Waals surface area contributed by atoms with Gasteiger partial charge in [-0.15, -0.1) is 0 Å². The van der Waals surface area contributed by atoms with Crippen LogP contribution in [0.4, 0.5) is 0 Å². The molecule has 1 atom stereocenters. The first kappa shape index (κ1) is 11.1. The average Bonchev–Trinajstić information content (AvgIpc) is 2.63. The number of nitrogens with two attached hydrogens (primary N) is 1. The molecule has 5 heteroatoms. The molecule has 0 amide bonds. The van der Waals surface area contributed by atoms with Crippen molar-refractivity contribution in [1.82, 2.24) is 10.1 Å². The average molecular weight is 199 g/mol. The van der Waals surface area contributed by atoms with Gasteiger partial charge in [-0.05, 0) is 19.9 Å². The lowest BCUT2D eigenvalue weighted by Gasteiger charge is -2.05. The molecule has 0 spiro atoms. The van der Waals surface area contributed by atoms with E-state index in [0.717, 1.165) is 12.8 Å². The van der Waals surface area contributed by atoms with Crippen LogP contribution in [-0.2, 0) is 17.6 Å². The first-order valence-electron chi connectivity index (χ1n) is 4.80. The smallest absolute Gasteiger partial charge is 0.226 e. The minimum atomic E-state index is 0.222. The maximum Gasteiger partial charge on any atom is 0.226 e. The molecule has 0 aliphatic heterocycles. The van der Waals surface area contributed by atoms with E-state index in [0.29, 0.717) is 24.7 Å². The fraction of sp³-hybridized carbons (Fsp3) is 0.778. The highest BCUT2D eigenvalue weighted by molar-refractivity contribution is 4.87. The predicted octanol–water partition coefficient (Wildman–Crippen LogP) is 0.538. The Balaban J connectivity index is 2.35. The van der Waals surface area contributed by atoms with Gasteiger partial charge in [0, 0.05) is 20.0 Å². The van der Waals surface area contributed by atoms with Gasteiger partial charge < -0.3 is 15.0 Å². The van der Waals surface area contributed by atoms with Crippen LogP contribution >= 0.6 is 0 Å². The Hall–Kier alpha value is -0.940. The molecule has 1 aromatic rings. The van der Waals surface area contributed by atoms with Crippen LogP contribution in [0.15, 0.2) is 4.52 Å². The molecular formula is C9H17N3O2. The number of methoxy groups -OCH3 is 1. The Bertz CT molecular complexity index is 262. The SMILES string of the molecule is COC(C)CCc1nc(CCN)no1. The summed E-state index contributed by atoms with van der Waals surface area (Å²) in [5.74, 6) is 1.35. The van der Waals surface area contributed by atoms with Gasteiger partial charge >= 0.3 is 0 Å². The monoisotopic (exact) mass is 199 g/mol. The van der Waals surface area contributed by atoms with Crippen molar-refractivity contribution in [3.05, 3.63) is 11.7 Å². The first-order valence-corrected chi connectivity index (χ1v) is 4.80. The topological polar surface area (TPSA) is 74.2 Å². The number of aromatic nitrogens is 2. The zero-order valence-corrected chi connectivity index (χ0v) is 8.69. The molecule has 1 rings (SSSR count). The molecule has 0 aromatic carbocycles. The molecule has 2 N–H and O–H groups in total. The summed E-state index contributed by atoms with van der Waals surface area (Å²) in [6.07, 6.45) is 2.54. The van der Waals surface area contributed by atoms with Gasteiger partial charge in [-0.2, -0.15) is 4.98 Å². The maximum absolute atomic E-state index is 5.37. The van der Waals surface area contributed by atoms with Crippen LogP contribution in [-0.4, -0.2) is 29.9 Å². The summed E-state index contributed by atoms with van der Waals surface area (Å²) in [6.45, 7) is 2.56. The van der Waals surface area contributed by atoms with Gasteiger partial charge in [0.25, 0.3) is 0 Å². The fourth-order valence-corrected chi connectivity index (χ4v) is 1.07. The van der Waals surface area contributed by atoms with E-state index in [2.05, 4.69) is 10.1 Å². The normalized spacial score (nSPS) is 13.1. The Labute approximate surface area is 83.6 Å². The minimum Gasteiger partial charge on any atom is -0.382 e. The molecule has 0 saturated carbocycles. The van der Waals surface area contributed by atoms with E-state index in [1.165, 1.54) is 0 Å². The highest BCUT2D eigenvalue weighted by atomic mass is 16.5. The molecule has 14 heavy (non-hydrogen) atoms. The summed E-state index contributed by atoms with van der Waals surface area (Å²) >= 11 is 0. The van der Waals surface area contributed by atoms with Crippen LogP contribution in [0.25, 0.3) is 0 Å². The number of hydrogen-bond acceptors (Lipinski definition) is 5. The van der Waals surface area contributed by atoms with Crippen LogP contribution in [0.3, 0.4) is 0 Å².